The van der Waals surface area contributed by atoms with Gasteiger partial charge in [0.05, 0.1) is 19.6 Å². The highest BCUT2D eigenvalue weighted by atomic mass is 16.5. The molecule has 5 heteroatoms. The summed E-state index contributed by atoms with van der Waals surface area (Å²) < 4.78 is 16.6. The van der Waals surface area contributed by atoms with Crippen LogP contribution in [0.3, 0.4) is 0 Å². The molecular weight excluding hydrogens is 318 g/mol. The number of hydrogen-bond acceptors (Lipinski definition) is 5. The molecule has 0 atom stereocenters. The monoisotopic (exact) mass is 339 g/mol. The van der Waals surface area contributed by atoms with Crippen molar-refractivity contribution in [3.05, 3.63) is 53.9 Å². The van der Waals surface area contributed by atoms with Crippen molar-refractivity contribution < 1.29 is 19.0 Å². The maximum absolute atomic E-state index is 9.01. The lowest BCUT2D eigenvalue weighted by Gasteiger charge is -2.07. The lowest BCUT2D eigenvalue weighted by molar-refractivity contribution is 0.291. The van der Waals surface area contributed by atoms with Crippen LogP contribution < -0.4 is 14.8 Å². The van der Waals surface area contributed by atoms with Crippen LogP contribution in [0.1, 0.15) is 6.42 Å². The predicted octanol–water partition coefficient (Wildman–Crippen LogP) is 3.40. The van der Waals surface area contributed by atoms with E-state index in [9.17, 15) is 0 Å². The molecule has 0 aliphatic heterocycles. The quantitative estimate of drug-likeness (QED) is 0.699. The van der Waals surface area contributed by atoms with Crippen molar-refractivity contribution in [3.63, 3.8) is 0 Å². The van der Waals surface area contributed by atoms with Crippen LogP contribution in [0.25, 0.3) is 22.3 Å². The molecule has 0 saturated carbocycles. The molecule has 25 heavy (non-hydrogen) atoms. The molecule has 1 aromatic heterocycles. The highest BCUT2D eigenvalue weighted by Crippen LogP contribution is 2.26. The van der Waals surface area contributed by atoms with Gasteiger partial charge < -0.3 is 19.0 Å². The highest BCUT2D eigenvalue weighted by molar-refractivity contribution is 5.80. The van der Waals surface area contributed by atoms with E-state index in [4.69, 9.17) is 19.0 Å². The van der Waals surface area contributed by atoms with Gasteiger partial charge in [0.25, 0.3) is 0 Å². The summed E-state index contributed by atoms with van der Waals surface area (Å²) in [6, 6.07) is 15.3. The van der Waals surface area contributed by atoms with Crippen LogP contribution in [0.5, 0.6) is 11.5 Å². The number of fused-ring (bicyclic) bond motifs is 1. The molecule has 1 heterocycles. The van der Waals surface area contributed by atoms with Gasteiger partial charge in [-0.25, -0.2) is 0 Å². The lowest BCUT2D eigenvalue weighted by atomic mass is 10.1. The first-order valence-corrected chi connectivity index (χ1v) is 8.13. The minimum Gasteiger partial charge on any atom is -0.497 e. The molecule has 3 rings (SSSR count). The van der Waals surface area contributed by atoms with Gasteiger partial charge in [0.15, 0.2) is 0 Å². The first kappa shape index (κ1) is 17.0. The van der Waals surface area contributed by atoms with Gasteiger partial charge in [-0.3, -0.25) is 4.99 Å². The van der Waals surface area contributed by atoms with Gasteiger partial charge in [-0.05, 0) is 48.9 Å². The number of benzene rings is 2. The van der Waals surface area contributed by atoms with Crippen molar-refractivity contribution in [2.45, 2.75) is 6.42 Å². The molecule has 1 N–H and O–H groups in total. The number of aliphatic hydroxyl groups is 1. The molecule has 0 fully saturated rings. The molecule has 3 aromatic rings. The third-order valence-corrected chi connectivity index (χ3v) is 3.92. The van der Waals surface area contributed by atoms with Crippen LogP contribution in [0, 0.1) is 0 Å². The molecule has 0 aliphatic rings. The summed E-state index contributed by atoms with van der Waals surface area (Å²) in [6.07, 6.45) is 0.620. The van der Waals surface area contributed by atoms with Crippen LogP contribution >= 0.6 is 0 Å². The Morgan fingerprint density at radius 3 is 2.36 bits per heavy atom. The van der Waals surface area contributed by atoms with E-state index in [1.54, 1.807) is 14.2 Å². The Labute approximate surface area is 146 Å². The minimum atomic E-state index is 0.118. The largest absolute Gasteiger partial charge is 0.497 e. The second-order valence-corrected chi connectivity index (χ2v) is 5.55. The summed E-state index contributed by atoms with van der Waals surface area (Å²) in [5.74, 6) is 2.27. The number of aliphatic hydroxyl groups excluding tert-OH is 1. The van der Waals surface area contributed by atoms with E-state index in [0.717, 1.165) is 39.1 Å². The zero-order chi connectivity index (χ0) is 17.6. The minimum absolute atomic E-state index is 0.118. The normalized spacial score (nSPS) is 11.7. The summed E-state index contributed by atoms with van der Waals surface area (Å²) in [7, 11) is 3.27. The molecule has 0 saturated heterocycles. The Balaban J connectivity index is 2.14. The average Bonchev–Trinajstić information content (AvgIpc) is 2.67. The number of hydrogen-bond donors (Lipinski definition) is 1. The maximum Gasteiger partial charge on any atom is 0.137 e. The van der Waals surface area contributed by atoms with E-state index in [-0.39, 0.29) is 6.61 Å². The highest BCUT2D eigenvalue weighted by Gasteiger charge is 2.07. The molecule has 2 aromatic carbocycles. The van der Waals surface area contributed by atoms with E-state index in [2.05, 4.69) is 4.99 Å². The SMILES string of the molecule is COc1ccc(-c2cc(=NCCCO)c3cc(OC)ccc3o2)cc1. The van der Waals surface area contributed by atoms with Crippen molar-refractivity contribution in [2.75, 3.05) is 27.4 Å². The summed E-state index contributed by atoms with van der Waals surface area (Å²) in [5, 5.41) is 10.7. The number of methoxy groups -OCH3 is 2. The summed E-state index contributed by atoms with van der Waals surface area (Å²) in [5.41, 5.74) is 1.67. The van der Waals surface area contributed by atoms with E-state index >= 15 is 0 Å². The van der Waals surface area contributed by atoms with Gasteiger partial charge >= 0.3 is 0 Å². The topological polar surface area (TPSA) is 64.2 Å². The standard InChI is InChI=1S/C20H21NO4/c1-23-15-6-4-14(5-7-15)20-13-18(21-10-3-11-22)17-12-16(24-2)8-9-19(17)25-20/h4-9,12-13,22H,3,10-11H2,1-2H3. The number of rotatable bonds is 6. The van der Waals surface area contributed by atoms with E-state index in [0.29, 0.717) is 13.0 Å². The van der Waals surface area contributed by atoms with Gasteiger partial charge in [-0.1, -0.05) is 0 Å². The van der Waals surface area contributed by atoms with Gasteiger partial charge in [0, 0.05) is 30.2 Å². The van der Waals surface area contributed by atoms with E-state index < -0.39 is 0 Å². The Morgan fingerprint density at radius 1 is 0.960 bits per heavy atom. The van der Waals surface area contributed by atoms with Crippen molar-refractivity contribution in [1.82, 2.24) is 0 Å². The molecule has 0 spiro atoms. The smallest absolute Gasteiger partial charge is 0.137 e. The Bertz CT molecular complexity index is 913. The third-order valence-electron chi connectivity index (χ3n) is 3.92. The summed E-state index contributed by atoms with van der Waals surface area (Å²) in [6.45, 7) is 0.669. The van der Waals surface area contributed by atoms with Crippen LogP contribution in [-0.2, 0) is 0 Å². The summed E-state index contributed by atoms with van der Waals surface area (Å²) >= 11 is 0. The van der Waals surface area contributed by atoms with Gasteiger partial charge in [0.2, 0.25) is 0 Å². The van der Waals surface area contributed by atoms with E-state index in [1.165, 1.54) is 0 Å². The predicted molar refractivity (Wildman–Crippen MR) is 96.9 cm³/mol. The second-order valence-electron chi connectivity index (χ2n) is 5.55. The molecule has 0 bridgehead atoms. The van der Waals surface area contributed by atoms with Gasteiger partial charge in [-0.2, -0.15) is 0 Å². The average molecular weight is 339 g/mol. The molecular formula is C20H21NO4. The molecule has 0 amide bonds. The first-order valence-electron chi connectivity index (χ1n) is 8.13. The lowest BCUT2D eigenvalue weighted by Crippen LogP contribution is -2.06. The van der Waals surface area contributed by atoms with Crippen molar-refractivity contribution in [2.24, 2.45) is 4.99 Å². The maximum atomic E-state index is 9.01. The van der Waals surface area contributed by atoms with Crippen LogP contribution in [0.4, 0.5) is 0 Å². The fourth-order valence-electron chi connectivity index (χ4n) is 2.57. The molecule has 0 radical (unpaired) electrons. The van der Waals surface area contributed by atoms with E-state index in [1.807, 2.05) is 48.5 Å². The second kappa shape index (κ2) is 7.85. The van der Waals surface area contributed by atoms with Crippen molar-refractivity contribution in [1.29, 1.82) is 0 Å². The molecule has 0 aliphatic carbocycles. The van der Waals surface area contributed by atoms with Crippen LogP contribution in [0.15, 0.2) is 57.9 Å². The Kier molecular flexibility index (Phi) is 5.36. The van der Waals surface area contributed by atoms with Crippen LogP contribution in [-0.4, -0.2) is 32.5 Å². The fourth-order valence-corrected chi connectivity index (χ4v) is 2.57. The molecule has 130 valence electrons. The zero-order valence-corrected chi connectivity index (χ0v) is 14.4. The van der Waals surface area contributed by atoms with Crippen molar-refractivity contribution >= 4 is 11.0 Å². The Morgan fingerprint density at radius 2 is 1.68 bits per heavy atom. The zero-order valence-electron chi connectivity index (χ0n) is 14.4. The van der Waals surface area contributed by atoms with Crippen molar-refractivity contribution in [3.8, 4) is 22.8 Å². The van der Waals surface area contributed by atoms with Crippen LogP contribution in [0.2, 0.25) is 0 Å². The molecule has 5 nitrogen and oxygen atoms in total. The Hall–Kier alpha value is -2.79. The third kappa shape index (κ3) is 3.83. The van der Waals surface area contributed by atoms with Gasteiger partial charge in [-0.15, -0.1) is 0 Å². The summed E-state index contributed by atoms with van der Waals surface area (Å²) in [4.78, 5) is 4.62. The first-order chi connectivity index (χ1) is 12.2. The number of ether oxygens (including phenoxy) is 2. The molecule has 0 unspecified atom stereocenters. The fraction of sp³-hybridized carbons (Fsp3) is 0.250. The van der Waals surface area contributed by atoms with Gasteiger partial charge in [0.1, 0.15) is 22.8 Å². The number of nitrogens with zero attached hydrogens (tertiary/aromatic N) is 1.